The fraction of sp³-hybridized carbons (Fsp3) is 0.571. The van der Waals surface area contributed by atoms with Crippen molar-refractivity contribution in [2.75, 3.05) is 5.73 Å². The van der Waals surface area contributed by atoms with Crippen LogP contribution in [0.25, 0.3) is 0 Å². The van der Waals surface area contributed by atoms with Gasteiger partial charge in [-0.25, -0.2) is 0 Å². The number of nitrogens with two attached hydrogens (primary N) is 1. The average molecular weight is 205 g/mol. The van der Waals surface area contributed by atoms with Crippen molar-refractivity contribution in [1.82, 2.24) is 0 Å². The lowest BCUT2D eigenvalue weighted by atomic mass is 9.91. The lowest BCUT2D eigenvalue weighted by Gasteiger charge is -2.16. The Labute approximate surface area is 93.7 Å². The Morgan fingerprint density at radius 2 is 1.93 bits per heavy atom. The Kier molecular flexibility index (Phi) is 4.19. The summed E-state index contributed by atoms with van der Waals surface area (Å²) in [6, 6.07) is 4.25. The Balaban J connectivity index is 3.02. The molecule has 0 aliphatic rings. The zero-order valence-electron chi connectivity index (χ0n) is 10.4. The fourth-order valence-corrected chi connectivity index (χ4v) is 2.03. The molecule has 1 atom stereocenters. The quantitative estimate of drug-likeness (QED) is 0.745. The second-order valence-corrected chi connectivity index (χ2v) is 4.49. The molecule has 0 aliphatic carbocycles. The predicted octanol–water partition coefficient (Wildman–Crippen LogP) is 3.73. The summed E-state index contributed by atoms with van der Waals surface area (Å²) in [6.45, 7) is 8.90. The van der Waals surface area contributed by atoms with Gasteiger partial charge in [0.15, 0.2) is 0 Å². The summed E-state index contributed by atoms with van der Waals surface area (Å²) in [5.74, 6) is 0.762. The van der Waals surface area contributed by atoms with Crippen LogP contribution < -0.4 is 5.73 Å². The van der Waals surface area contributed by atoms with Gasteiger partial charge in [0, 0.05) is 5.69 Å². The molecule has 0 heterocycles. The highest BCUT2D eigenvalue weighted by Crippen LogP contribution is 2.24. The van der Waals surface area contributed by atoms with Crippen LogP contribution in [0.15, 0.2) is 12.1 Å². The predicted molar refractivity (Wildman–Crippen MR) is 68.1 cm³/mol. The molecule has 0 fully saturated rings. The van der Waals surface area contributed by atoms with E-state index in [9.17, 15) is 0 Å². The fourth-order valence-electron chi connectivity index (χ4n) is 2.03. The standard InChI is InChI=1S/C14H23N/c1-5-10(3)9-12-7-8-14(15)11(4)13(12)6-2/h7-8,10H,5-6,9,15H2,1-4H3. The van der Waals surface area contributed by atoms with Crippen LogP contribution in [0.4, 0.5) is 5.69 Å². The molecule has 0 saturated heterocycles. The van der Waals surface area contributed by atoms with E-state index < -0.39 is 0 Å². The summed E-state index contributed by atoms with van der Waals surface area (Å²) >= 11 is 0. The zero-order valence-corrected chi connectivity index (χ0v) is 10.4. The molecule has 0 aromatic heterocycles. The maximum atomic E-state index is 5.93. The third kappa shape index (κ3) is 2.74. The number of anilines is 1. The molecule has 2 N–H and O–H groups in total. The molecular weight excluding hydrogens is 182 g/mol. The molecule has 1 rings (SSSR count). The molecule has 1 nitrogen and oxygen atoms in total. The van der Waals surface area contributed by atoms with Crippen LogP contribution >= 0.6 is 0 Å². The zero-order chi connectivity index (χ0) is 11.4. The monoisotopic (exact) mass is 205 g/mol. The van der Waals surface area contributed by atoms with Crippen LogP contribution in [0.3, 0.4) is 0 Å². The molecule has 0 radical (unpaired) electrons. The molecule has 1 aromatic rings. The minimum atomic E-state index is 0.762. The number of hydrogen-bond donors (Lipinski definition) is 1. The number of nitrogen functional groups attached to an aromatic ring is 1. The van der Waals surface area contributed by atoms with E-state index in [0.29, 0.717) is 0 Å². The first-order valence-corrected chi connectivity index (χ1v) is 5.96. The van der Waals surface area contributed by atoms with E-state index in [1.165, 1.54) is 29.5 Å². The Bertz CT molecular complexity index is 328. The molecule has 1 aromatic carbocycles. The van der Waals surface area contributed by atoms with Crippen molar-refractivity contribution >= 4 is 5.69 Å². The summed E-state index contributed by atoms with van der Waals surface area (Å²) in [5, 5.41) is 0. The van der Waals surface area contributed by atoms with Crippen LogP contribution in [-0.4, -0.2) is 0 Å². The summed E-state index contributed by atoms with van der Waals surface area (Å²) in [6.07, 6.45) is 3.51. The van der Waals surface area contributed by atoms with E-state index in [-0.39, 0.29) is 0 Å². The molecule has 84 valence electrons. The highest BCUT2D eigenvalue weighted by atomic mass is 14.6. The van der Waals surface area contributed by atoms with Gasteiger partial charge in [0.1, 0.15) is 0 Å². The molecule has 1 unspecified atom stereocenters. The Hall–Kier alpha value is -0.980. The second-order valence-electron chi connectivity index (χ2n) is 4.49. The Morgan fingerprint density at radius 1 is 1.27 bits per heavy atom. The van der Waals surface area contributed by atoms with Gasteiger partial charge >= 0.3 is 0 Å². The molecule has 0 saturated carbocycles. The molecular formula is C14H23N. The molecule has 15 heavy (non-hydrogen) atoms. The van der Waals surface area contributed by atoms with Gasteiger partial charge in [0.05, 0.1) is 0 Å². The van der Waals surface area contributed by atoms with E-state index in [1.54, 1.807) is 0 Å². The smallest absolute Gasteiger partial charge is 0.0346 e. The molecule has 1 heteroatoms. The number of benzene rings is 1. The van der Waals surface area contributed by atoms with Crippen LogP contribution in [0, 0.1) is 12.8 Å². The van der Waals surface area contributed by atoms with Gasteiger partial charge in [0.25, 0.3) is 0 Å². The third-order valence-corrected chi connectivity index (χ3v) is 3.36. The topological polar surface area (TPSA) is 26.0 Å². The van der Waals surface area contributed by atoms with Crippen molar-refractivity contribution in [3.63, 3.8) is 0 Å². The second kappa shape index (κ2) is 5.20. The highest BCUT2D eigenvalue weighted by Gasteiger charge is 2.09. The maximum Gasteiger partial charge on any atom is 0.0346 e. The van der Waals surface area contributed by atoms with E-state index >= 15 is 0 Å². The van der Waals surface area contributed by atoms with Crippen molar-refractivity contribution in [3.05, 3.63) is 28.8 Å². The van der Waals surface area contributed by atoms with Crippen molar-refractivity contribution in [3.8, 4) is 0 Å². The first-order chi connectivity index (χ1) is 7.10. The van der Waals surface area contributed by atoms with E-state index in [2.05, 4.69) is 33.8 Å². The maximum absolute atomic E-state index is 5.93. The van der Waals surface area contributed by atoms with Crippen LogP contribution in [0.1, 0.15) is 43.9 Å². The van der Waals surface area contributed by atoms with Gasteiger partial charge in [-0.15, -0.1) is 0 Å². The summed E-state index contributed by atoms with van der Waals surface area (Å²) in [4.78, 5) is 0. The van der Waals surface area contributed by atoms with Gasteiger partial charge in [-0.1, -0.05) is 33.3 Å². The third-order valence-electron chi connectivity index (χ3n) is 3.36. The van der Waals surface area contributed by atoms with Gasteiger partial charge in [-0.05, 0) is 48.4 Å². The van der Waals surface area contributed by atoms with Gasteiger partial charge in [-0.2, -0.15) is 0 Å². The SMILES string of the molecule is CCc1c(CC(C)CC)ccc(N)c1C. The largest absolute Gasteiger partial charge is 0.399 e. The van der Waals surface area contributed by atoms with E-state index in [4.69, 9.17) is 5.73 Å². The summed E-state index contributed by atoms with van der Waals surface area (Å²) < 4.78 is 0. The molecule has 0 bridgehead atoms. The number of rotatable bonds is 4. The lowest BCUT2D eigenvalue weighted by molar-refractivity contribution is 0.557. The van der Waals surface area contributed by atoms with Gasteiger partial charge in [-0.3, -0.25) is 0 Å². The Morgan fingerprint density at radius 3 is 2.47 bits per heavy atom. The minimum absolute atomic E-state index is 0.762. The van der Waals surface area contributed by atoms with Crippen molar-refractivity contribution in [1.29, 1.82) is 0 Å². The van der Waals surface area contributed by atoms with Gasteiger partial charge in [0.2, 0.25) is 0 Å². The lowest BCUT2D eigenvalue weighted by Crippen LogP contribution is -2.04. The van der Waals surface area contributed by atoms with Crippen molar-refractivity contribution in [2.24, 2.45) is 5.92 Å². The first-order valence-electron chi connectivity index (χ1n) is 5.96. The normalized spacial score (nSPS) is 12.8. The summed E-state index contributed by atoms with van der Waals surface area (Å²) in [7, 11) is 0. The van der Waals surface area contributed by atoms with E-state index in [1.807, 2.05) is 6.07 Å². The first kappa shape index (κ1) is 12.1. The van der Waals surface area contributed by atoms with Crippen molar-refractivity contribution in [2.45, 2.75) is 47.0 Å². The van der Waals surface area contributed by atoms with E-state index in [0.717, 1.165) is 18.0 Å². The highest BCUT2D eigenvalue weighted by molar-refractivity contribution is 5.53. The van der Waals surface area contributed by atoms with Gasteiger partial charge < -0.3 is 5.73 Å². The van der Waals surface area contributed by atoms with Crippen LogP contribution in [-0.2, 0) is 12.8 Å². The van der Waals surface area contributed by atoms with Crippen LogP contribution in [0.2, 0.25) is 0 Å². The minimum Gasteiger partial charge on any atom is -0.399 e. The summed E-state index contributed by atoms with van der Waals surface area (Å²) in [5.41, 5.74) is 11.1. The van der Waals surface area contributed by atoms with Crippen LogP contribution in [0.5, 0.6) is 0 Å². The van der Waals surface area contributed by atoms with Crippen molar-refractivity contribution < 1.29 is 0 Å². The number of hydrogen-bond acceptors (Lipinski definition) is 1. The molecule has 0 aliphatic heterocycles. The molecule has 0 amide bonds. The average Bonchev–Trinajstić information content (AvgIpc) is 2.24. The molecule has 0 spiro atoms.